The summed E-state index contributed by atoms with van der Waals surface area (Å²) in [5, 5.41) is 8.29. The maximum absolute atomic E-state index is 11.1. The third-order valence-electron chi connectivity index (χ3n) is 2.09. The van der Waals surface area contributed by atoms with Crippen molar-refractivity contribution in [2.75, 3.05) is 5.75 Å². The molecule has 0 saturated heterocycles. The molecule has 0 spiro atoms. The van der Waals surface area contributed by atoms with Gasteiger partial charge in [-0.2, -0.15) is 0 Å². The first-order valence-electron chi connectivity index (χ1n) is 4.16. The van der Waals surface area contributed by atoms with Gasteiger partial charge in [0.1, 0.15) is 0 Å². The van der Waals surface area contributed by atoms with Crippen LogP contribution in [0.4, 0.5) is 0 Å². The first kappa shape index (κ1) is 10.5. The third-order valence-corrected chi connectivity index (χ3v) is 3.38. The number of hydrogen-bond acceptors (Lipinski definition) is 3. The Balaban J connectivity index is 2.40. The summed E-state index contributed by atoms with van der Waals surface area (Å²) < 4.78 is 24.5. The quantitative estimate of drug-likeness (QED) is 0.653. The lowest BCUT2D eigenvalue weighted by atomic mass is 10.3. The summed E-state index contributed by atoms with van der Waals surface area (Å²) in [5.74, 6) is -1.76. The van der Waals surface area contributed by atoms with E-state index >= 15 is 0 Å². The summed E-state index contributed by atoms with van der Waals surface area (Å²) in [6.07, 6.45) is 1.76. The molecule has 5 nitrogen and oxygen atoms in total. The molecule has 0 aromatic rings. The van der Waals surface area contributed by atoms with Crippen molar-refractivity contribution in [1.29, 1.82) is 0 Å². The smallest absolute Gasteiger partial charge is 0.320 e. The van der Waals surface area contributed by atoms with Crippen LogP contribution in [0.15, 0.2) is 0 Å². The van der Waals surface area contributed by atoms with Crippen molar-refractivity contribution >= 4 is 16.0 Å². The normalized spacial score (nSPS) is 27.2. The zero-order chi connectivity index (χ0) is 10.1. The summed E-state index contributed by atoms with van der Waals surface area (Å²) >= 11 is 0. The molecule has 1 aliphatic carbocycles. The fourth-order valence-corrected chi connectivity index (χ4v) is 2.44. The Morgan fingerprint density at radius 2 is 2.23 bits per heavy atom. The molecule has 13 heavy (non-hydrogen) atoms. The second-order valence-corrected chi connectivity index (χ2v) is 5.04. The molecule has 1 rings (SSSR count). The molecule has 1 saturated carbocycles. The summed E-state index contributed by atoms with van der Waals surface area (Å²) in [7, 11) is -3.61. The molecule has 0 radical (unpaired) electrons. The van der Waals surface area contributed by atoms with E-state index in [0.29, 0.717) is 5.92 Å². The molecule has 1 aliphatic rings. The predicted octanol–water partition coefficient (Wildman–Crippen LogP) is -0.211. The van der Waals surface area contributed by atoms with Gasteiger partial charge >= 0.3 is 5.97 Å². The summed E-state index contributed by atoms with van der Waals surface area (Å²) in [4.78, 5) is 10.1. The van der Waals surface area contributed by atoms with Crippen molar-refractivity contribution in [3.63, 3.8) is 0 Å². The minimum absolute atomic E-state index is 0.0330. The maximum atomic E-state index is 11.1. The molecule has 76 valence electrons. The van der Waals surface area contributed by atoms with Crippen LogP contribution < -0.4 is 4.72 Å². The van der Waals surface area contributed by atoms with Crippen molar-refractivity contribution in [3.05, 3.63) is 0 Å². The van der Waals surface area contributed by atoms with Crippen LogP contribution in [-0.4, -0.2) is 31.3 Å². The van der Waals surface area contributed by atoms with E-state index in [1.165, 1.54) is 0 Å². The molecule has 0 aromatic heterocycles. The Kier molecular flexibility index (Phi) is 2.92. The fraction of sp³-hybridized carbons (Fsp3) is 0.857. The van der Waals surface area contributed by atoms with E-state index < -0.39 is 21.7 Å². The Bertz CT molecular complexity index is 298. The SMILES string of the molecule is CCC1CC1NS(=O)(=O)CC(=O)O. The number of carboxylic acids is 1. The van der Waals surface area contributed by atoms with E-state index in [2.05, 4.69) is 4.72 Å². The van der Waals surface area contributed by atoms with Crippen molar-refractivity contribution < 1.29 is 18.3 Å². The molecule has 0 amide bonds. The number of rotatable bonds is 5. The Labute approximate surface area is 77.2 Å². The van der Waals surface area contributed by atoms with E-state index in [-0.39, 0.29) is 6.04 Å². The molecular formula is C7H13NO4S. The molecule has 0 aromatic carbocycles. The minimum atomic E-state index is -3.61. The summed E-state index contributed by atoms with van der Waals surface area (Å²) in [6.45, 7) is 1.98. The van der Waals surface area contributed by atoms with Gasteiger partial charge in [-0.3, -0.25) is 4.79 Å². The lowest BCUT2D eigenvalue weighted by Crippen LogP contribution is -2.32. The number of carboxylic acid groups (broad SMARTS) is 1. The first-order chi connectivity index (χ1) is 5.94. The molecule has 6 heteroatoms. The van der Waals surface area contributed by atoms with E-state index in [1.807, 2.05) is 6.92 Å². The van der Waals surface area contributed by atoms with Crippen LogP contribution in [0.3, 0.4) is 0 Å². The van der Waals surface area contributed by atoms with Crippen molar-refractivity contribution in [2.24, 2.45) is 5.92 Å². The minimum Gasteiger partial charge on any atom is -0.480 e. The van der Waals surface area contributed by atoms with E-state index in [0.717, 1.165) is 12.8 Å². The first-order valence-corrected chi connectivity index (χ1v) is 5.81. The number of hydrogen-bond donors (Lipinski definition) is 2. The molecule has 2 atom stereocenters. The van der Waals surface area contributed by atoms with Gasteiger partial charge in [-0.25, -0.2) is 13.1 Å². The number of sulfonamides is 1. The van der Waals surface area contributed by atoms with Gasteiger partial charge in [0.25, 0.3) is 0 Å². The Hall–Kier alpha value is -0.620. The summed E-state index contributed by atoms with van der Waals surface area (Å²) in [6, 6.07) is -0.0330. The van der Waals surface area contributed by atoms with Crippen molar-refractivity contribution in [2.45, 2.75) is 25.8 Å². The van der Waals surface area contributed by atoms with E-state index in [9.17, 15) is 13.2 Å². The average molecular weight is 207 g/mol. The highest BCUT2D eigenvalue weighted by Gasteiger charge is 2.38. The van der Waals surface area contributed by atoms with Crippen LogP contribution >= 0.6 is 0 Å². The van der Waals surface area contributed by atoms with Gasteiger partial charge in [0.15, 0.2) is 5.75 Å². The van der Waals surface area contributed by atoms with Crippen molar-refractivity contribution in [3.8, 4) is 0 Å². The van der Waals surface area contributed by atoms with Crippen molar-refractivity contribution in [1.82, 2.24) is 4.72 Å². The van der Waals surface area contributed by atoms with Crippen LogP contribution in [0.25, 0.3) is 0 Å². The standard InChI is InChI=1S/C7H13NO4S/c1-2-5-3-6(5)8-13(11,12)4-7(9)10/h5-6,8H,2-4H2,1H3,(H,9,10). The van der Waals surface area contributed by atoms with Crippen LogP contribution in [-0.2, 0) is 14.8 Å². The highest BCUT2D eigenvalue weighted by molar-refractivity contribution is 7.90. The zero-order valence-corrected chi connectivity index (χ0v) is 8.17. The Morgan fingerprint density at radius 1 is 1.62 bits per heavy atom. The predicted molar refractivity (Wildman–Crippen MR) is 46.7 cm³/mol. The molecule has 0 aliphatic heterocycles. The van der Waals surface area contributed by atoms with Crippen LogP contribution in [0, 0.1) is 5.92 Å². The maximum Gasteiger partial charge on any atom is 0.320 e. The number of nitrogens with one attached hydrogen (secondary N) is 1. The molecule has 2 N–H and O–H groups in total. The largest absolute Gasteiger partial charge is 0.480 e. The third kappa shape index (κ3) is 3.31. The lowest BCUT2D eigenvalue weighted by Gasteiger charge is -2.02. The average Bonchev–Trinajstić information content (AvgIpc) is 2.62. The number of aliphatic carboxylic acids is 1. The van der Waals surface area contributed by atoms with Crippen LogP contribution in [0.2, 0.25) is 0 Å². The van der Waals surface area contributed by atoms with Crippen LogP contribution in [0.5, 0.6) is 0 Å². The van der Waals surface area contributed by atoms with Gasteiger partial charge in [0.2, 0.25) is 10.0 Å². The molecule has 0 bridgehead atoms. The van der Waals surface area contributed by atoms with Gasteiger partial charge < -0.3 is 5.11 Å². The van der Waals surface area contributed by atoms with Gasteiger partial charge in [-0.1, -0.05) is 13.3 Å². The highest BCUT2D eigenvalue weighted by Crippen LogP contribution is 2.33. The number of carbonyl (C=O) groups is 1. The van der Waals surface area contributed by atoms with E-state index in [4.69, 9.17) is 5.11 Å². The summed E-state index contributed by atoms with van der Waals surface area (Å²) in [5.41, 5.74) is 0. The molecule has 0 heterocycles. The Morgan fingerprint density at radius 3 is 2.62 bits per heavy atom. The second kappa shape index (κ2) is 3.63. The molecular weight excluding hydrogens is 194 g/mol. The van der Waals surface area contributed by atoms with Gasteiger partial charge in [0.05, 0.1) is 0 Å². The fourth-order valence-electron chi connectivity index (χ4n) is 1.28. The molecule has 1 fully saturated rings. The molecule has 2 unspecified atom stereocenters. The van der Waals surface area contributed by atoms with Crippen LogP contribution in [0.1, 0.15) is 19.8 Å². The van der Waals surface area contributed by atoms with Gasteiger partial charge in [-0.15, -0.1) is 0 Å². The van der Waals surface area contributed by atoms with E-state index in [1.54, 1.807) is 0 Å². The van der Waals surface area contributed by atoms with Gasteiger partial charge in [-0.05, 0) is 12.3 Å². The monoisotopic (exact) mass is 207 g/mol. The lowest BCUT2D eigenvalue weighted by molar-refractivity contribution is -0.134. The van der Waals surface area contributed by atoms with Gasteiger partial charge in [0, 0.05) is 6.04 Å². The zero-order valence-electron chi connectivity index (χ0n) is 7.36. The highest BCUT2D eigenvalue weighted by atomic mass is 32.2. The second-order valence-electron chi connectivity index (χ2n) is 3.28. The topological polar surface area (TPSA) is 83.5 Å².